The lowest BCUT2D eigenvalue weighted by Gasteiger charge is -2.14. The van der Waals surface area contributed by atoms with Crippen LogP contribution in [0.25, 0.3) is 10.9 Å². The molecule has 0 aliphatic carbocycles. The van der Waals surface area contributed by atoms with E-state index in [1.807, 2.05) is 24.3 Å². The number of carbonyl (C=O) groups excluding carboxylic acids is 1. The lowest BCUT2D eigenvalue weighted by molar-refractivity contribution is -0.169. The summed E-state index contributed by atoms with van der Waals surface area (Å²) in [7, 11) is 0. The molecule has 9 heteroatoms. The Morgan fingerprint density at radius 2 is 1.86 bits per heavy atom. The quantitative estimate of drug-likeness (QED) is 0.414. The molecule has 0 radical (unpaired) electrons. The van der Waals surface area contributed by atoms with E-state index in [9.17, 15) is 24.2 Å². The smallest absolute Gasteiger partial charge is 0.338 e. The highest BCUT2D eigenvalue weighted by Gasteiger charge is 2.31. The molecule has 4 N–H and O–H groups in total. The van der Waals surface area contributed by atoms with E-state index < -0.39 is 24.1 Å². The molecule has 1 aromatic heterocycles. The Morgan fingerprint density at radius 1 is 1.10 bits per heavy atom. The molecular weight excluding hydrogens is 401 g/mol. The first-order valence-corrected chi connectivity index (χ1v) is 9.46. The molecule has 0 fully saturated rings. The minimum Gasteiger partial charge on any atom is -0.479 e. The molecular formula is C20H18FNO6S. The molecule has 0 aliphatic rings. The second-order valence-electron chi connectivity index (χ2n) is 6.20. The molecule has 2 unspecified atom stereocenters. The van der Waals surface area contributed by atoms with Crippen molar-refractivity contribution >= 4 is 34.6 Å². The van der Waals surface area contributed by atoms with Crippen LogP contribution < -0.4 is 0 Å². The number of nitrogens with one attached hydrogen (secondary N) is 1. The number of fused-ring (bicyclic) bond motifs is 1. The highest BCUT2D eigenvalue weighted by atomic mass is 32.2. The topological polar surface area (TPSA) is 120 Å². The number of carboxylic acids is 1. The van der Waals surface area contributed by atoms with Gasteiger partial charge in [-0.1, -0.05) is 30.0 Å². The number of rotatable bonds is 8. The summed E-state index contributed by atoms with van der Waals surface area (Å²) in [6.07, 6.45) is -2.28. The van der Waals surface area contributed by atoms with E-state index >= 15 is 0 Å². The van der Waals surface area contributed by atoms with Crippen molar-refractivity contribution in [3.05, 3.63) is 60.0 Å². The molecule has 0 amide bonds. The Labute approximate surface area is 169 Å². The molecule has 2 aromatic carbocycles. The maximum Gasteiger partial charge on any atom is 0.338 e. The third-order valence-corrected chi connectivity index (χ3v) is 5.38. The number of aliphatic hydroxyl groups is 2. The van der Waals surface area contributed by atoms with Gasteiger partial charge in [0, 0.05) is 33.3 Å². The van der Waals surface area contributed by atoms with Crippen molar-refractivity contribution in [3.8, 4) is 0 Å². The number of aromatic amines is 1. The largest absolute Gasteiger partial charge is 0.479 e. The van der Waals surface area contributed by atoms with Gasteiger partial charge in [-0.3, -0.25) is 0 Å². The van der Waals surface area contributed by atoms with Gasteiger partial charge in [0.25, 0.3) is 0 Å². The van der Waals surface area contributed by atoms with Crippen LogP contribution in [-0.2, 0) is 20.7 Å². The first-order valence-electron chi connectivity index (χ1n) is 8.65. The van der Waals surface area contributed by atoms with E-state index in [1.165, 1.54) is 23.9 Å². The third-order valence-electron chi connectivity index (χ3n) is 4.21. The number of benzene rings is 2. The third kappa shape index (κ3) is 4.94. The summed E-state index contributed by atoms with van der Waals surface area (Å²) in [6.45, 7) is -0.0983. The predicted molar refractivity (Wildman–Crippen MR) is 103 cm³/mol. The number of aliphatic hydroxyl groups excluding tert-OH is 2. The number of H-pyrrole nitrogens is 1. The molecule has 3 rings (SSSR count). The SMILES string of the molecule is O=C(O)C(O)C(O)C(=O)OCCc1ccccc1Sc1c[nH]c2cc(F)ccc12. The fraction of sp³-hybridized carbons (Fsp3) is 0.200. The molecule has 29 heavy (non-hydrogen) atoms. The van der Waals surface area contributed by atoms with Crippen LogP contribution >= 0.6 is 11.8 Å². The minimum absolute atomic E-state index is 0.0983. The van der Waals surface area contributed by atoms with Crippen LogP contribution in [-0.4, -0.2) is 51.1 Å². The molecule has 7 nitrogen and oxygen atoms in total. The van der Waals surface area contributed by atoms with Crippen molar-refractivity contribution in [1.82, 2.24) is 4.98 Å². The van der Waals surface area contributed by atoms with Crippen LogP contribution in [0.5, 0.6) is 0 Å². The van der Waals surface area contributed by atoms with Gasteiger partial charge in [0.1, 0.15) is 5.82 Å². The summed E-state index contributed by atoms with van der Waals surface area (Å²) < 4.78 is 18.2. The van der Waals surface area contributed by atoms with Crippen LogP contribution in [0.15, 0.2) is 58.5 Å². The van der Waals surface area contributed by atoms with Crippen molar-refractivity contribution in [1.29, 1.82) is 0 Å². The highest BCUT2D eigenvalue weighted by molar-refractivity contribution is 7.99. The van der Waals surface area contributed by atoms with Gasteiger partial charge in [0.2, 0.25) is 0 Å². The van der Waals surface area contributed by atoms with Crippen molar-refractivity contribution < 1.29 is 34.0 Å². The summed E-state index contributed by atoms with van der Waals surface area (Å²) in [5, 5.41) is 28.1. The fourth-order valence-electron chi connectivity index (χ4n) is 2.70. The van der Waals surface area contributed by atoms with Crippen molar-refractivity contribution in [3.63, 3.8) is 0 Å². The average molecular weight is 419 g/mol. The van der Waals surface area contributed by atoms with Gasteiger partial charge in [0.05, 0.1) is 6.61 Å². The van der Waals surface area contributed by atoms with Gasteiger partial charge < -0.3 is 25.0 Å². The van der Waals surface area contributed by atoms with Gasteiger partial charge in [-0.05, 0) is 29.8 Å². The molecule has 0 aliphatic heterocycles. The molecule has 152 valence electrons. The number of carbonyl (C=O) groups is 2. The lowest BCUT2D eigenvalue weighted by Crippen LogP contribution is -2.40. The van der Waals surface area contributed by atoms with Crippen LogP contribution in [0.4, 0.5) is 4.39 Å². The Morgan fingerprint density at radius 3 is 2.62 bits per heavy atom. The van der Waals surface area contributed by atoms with Gasteiger partial charge >= 0.3 is 11.9 Å². The van der Waals surface area contributed by atoms with E-state index in [0.717, 1.165) is 20.7 Å². The number of halogens is 1. The van der Waals surface area contributed by atoms with E-state index in [-0.39, 0.29) is 12.4 Å². The first kappa shape index (κ1) is 20.8. The number of aliphatic carboxylic acids is 1. The second kappa shape index (κ2) is 9.08. The Hall–Kier alpha value is -2.88. The number of aromatic nitrogens is 1. The molecule has 0 bridgehead atoms. The zero-order chi connectivity index (χ0) is 21.0. The van der Waals surface area contributed by atoms with Crippen LogP contribution in [0.1, 0.15) is 5.56 Å². The highest BCUT2D eigenvalue weighted by Crippen LogP contribution is 2.35. The van der Waals surface area contributed by atoms with Gasteiger partial charge in [0.15, 0.2) is 12.2 Å². The average Bonchev–Trinajstić information content (AvgIpc) is 3.09. The Kier molecular flexibility index (Phi) is 6.53. The number of ether oxygens (including phenoxy) is 1. The zero-order valence-corrected chi connectivity index (χ0v) is 15.9. The van der Waals surface area contributed by atoms with Crippen LogP contribution in [0.3, 0.4) is 0 Å². The fourth-order valence-corrected chi connectivity index (χ4v) is 3.79. The molecule has 1 heterocycles. The Bertz CT molecular complexity index is 1040. The molecule has 0 saturated carbocycles. The normalized spacial score (nSPS) is 13.2. The molecule has 0 spiro atoms. The number of esters is 1. The molecule has 0 saturated heterocycles. The van der Waals surface area contributed by atoms with E-state index in [4.69, 9.17) is 9.84 Å². The zero-order valence-electron chi connectivity index (χ0n) is 15.0. The number of hydrogen-bond donors (Lipinski definition) is 4. The van der Waals surface area contributed by atoms with Crippen molar-refractivity contribution in [2.75, 3.05) is 6.61 Å². The van der Waals surface area contributed by atoms with Gasteiger partial charge in [-0.25, -0.2) is 14.0 Å². The number of carboxylic acid groups (broad SMARTS) is 1. The van der Waals surface area contributed by atoms with Crippen LogP contribution in [0, 0.1) is 5.82 Å². The van der Waals surface area contributed by atoms with Gasteiger partial charge in [-0.15, -0.1) is 0 Å². The van der Waals surface area contributed by atoms with Crippen molar-refractivity contribution in [2.24, 2.45) is 0 Å². The molecule has 2 atom stereocenters. The standard InChI is InChI=1S/C20H18FNO6S/c21-12-5-6-13-14(9-12)22-10-16(13)29-15-4-2-1-3-11(15)7-8-28-20(27)18(24)17(23)19(25)26/h1-6,9-10,17-18,22-24H,7-8H2,(H,25,26). The lowest BCUT2D eigenvalue weighted by atomic mass is 10.1. The van der Waals surface area contributed by atoms with E-state index in [0.29, 0.717) is 11.9 Å². The van der Waals surface area contributed by atoms with Gasteiger partial charge in [-0.2, -0.15) is 0 Å². The van der Waals surface area contributed by atoms with E-state index in [1.54, 1.807) is 12.3 Å². The predicted octanol–water partition coefficient (Wildman–Crippen LogP) is 2.35. The summed E-state index contributed by atoms with van der Waals surface area (Å²) >= 11 is 1.47. The molecule has 3 aromatic rings. The minimum atomic E-state index is -2.24. The number of hydrogen-bond acceptors (Lipinski definition) is 6. The monoisotopic (exact) mass is 419 g/mol. The van der Waals surface area contributed by atoms with Crippen LogP contribution in [0.2, 0.25) is 0 Å². The Balaban J connectivity index is 1.66. The summed E-state index contributed by atoms with van der Waals surface area (Å²) in [5.74, 6) is -3.24. The maximum absolute atomic E-state index is 13.4. The summed E-state index contributed by atoms with van der Waals surface area (Å²) in [5.41, 5.74) is 1.56. The van der Waals surface area contributed by atoms with Crippen molar-refractivity contribution in [2.45, 2.75) is 28.4 Å². The summed E-state index contributed by atoms with van der Waals surface area (Å²) in [4.78, 5) is 27.1. The summed E-state index contributed by atoms with van der Waals surface area (Å²) in [6, 6.07) is 11.9. The first-order chi connectivity index (χ1) is 13.9. The van der Waals surface area contributed by atoms with E-state index in [2.05, 4.69) is 4.98 Å². The maximum atomic E-state index is 13.4. The second-order valence-corrected chi connectivity index (χ2v) is 7.28.